The van der Waals surface area contributed by atoms with Crippen molar-refractivity contribution in [3.05, 3.63) is 29.8 Å². The first kappa shape index (κ1) is 14.7. The lowest BCUT2D eigenvalue weighted by atomic mass is 9.81. The van der Waals surface area contributed by atoms with Crippen LogP contribution in [0.3, 0.4) is 0 Å². The Morgan fingerprint density at radius 1 is 1.24 bits per heavy atom. The Balaban J connectivity index is 1.79. The molecule has 4 atom stereocenters. The van der Waals surface area contributed by atoms with Gasteiger partial charge in [-0.25, -0.2) is 0 Å². The van der Waals surface area contributed by atoms with Crippen molar-refractivity contribution in [1.29, 1.82) is 0 Å². The lowest BCUT2D eigenvalue weighted by Crippen LogP contribution is -2.35. The molecular weight excluding hydrogens is 281 g/mol. The fourth-order valence-corrected chi connectivity index (χ4v) is 4.07. The molecule has 0 aliphatic heterocycles. The van der Waals surface area contributed by atoms with E-state index >= 15 is 0 Å². The molecule has 1 aromatic carbocycles. The molecule has 0 spiro atoms. The first-order valence-electron chi connectivity index (χ1n) is 7.28. The van der Waals surface area contributed by atoms with Crippen LogP contribution in [0.25, 0.3) is 0 Å². The standard InChI is InChI=1S/C15H19F3N2O/c16-15(17,18)21-12-3-1-2-11(8-12)14(20-19)13-7-9-4-5-10(13)6-9/h1-3,8-10,13-14,20H,4-7,19H2. The van der Waals surface area contributed by atoms with Gasteiger partial charge in [-0.15, -0.1) is 13.2 Å². The van der Waals surface area contributed by atoms with Gasteiger partial charge in [-0.2, -0.15) is 0 Å². The number of hydrazine groups is 1. The van der Waals surface area contributed by atoms with E-state index in [2.05, 4.69) is 10.2 Å². The van der Waals surface area contributed by atoms with E-state index in [0.717, 1.165) is 17.9 Å². The molecule has 3 N–H and O–H groups in total. The van der Waals surface area contributed by atoms with Crippen LogP contribution < -0.4 is 16.0 Å². The third-order valence-electron chi connectivity index (χ3n) is 4.85. The van der Waals surface area contributed by atoms with E-state index in [0.29, 0.717) is 11.8 Å². The van der Waals surface area contributed by atoms with Gasteiger partial charge in [0.2, 0.25) is 0 Å². The molecule has 4 unspecified atom stereocenters. The van der Waals surface area contributed by atoms with Gasteiger partial charge >= 0.3 is 6.36 Å². The molecule has 2 aliphatic carbocycles. The maximum atomic E-state index is 12.3. The van der Waals surface area contributed by atoms with E-state index < -0.39 is 6.36 Å². The van der Waals surface area contributed by atoms with Crippen molar-refractivity contribution in [3.8, 4) is 5.75 Å². The van der Waals surface area contributed by atoms with E-state index in [1.54, 1.807) is 12.1 Å². The average Bonchev–Trinajstić information content (AvgIpc) is 3.00. The van der Waals surface area contributed by atoms with Crippen LogP contribution in [0.15, 0.2) is 24.3 Å². The van der Waals surface area contributed by atoms with Crippen LogP contribution >= 0.6 is 0 Å². The van der Waals surface area contributed by atoms with E-state index in [9.17, 15) is 13.2 Å². The number of halogens is 3. The lowest BCUT2D eigenvalue weighted by molar-refractivity contribution is -0.274. The van der Waals surface area contributed by atoms with Gasteiger partial charge in [0.05, 0.1) is 0 Å². The largest absolute Gasteiger partial charge is 0.573 e. The van der Waals surface area contributed by atoms with Gasteiger partial charge in [-0.05, 0) is 54.7 Å². The maximum absolute atomic E-state index is 12.3. The van der Waals surface area contributed by atoms with E-state index in [4.69, 9.17) is 5.84 Å². The molecule has 116 valence electrons. The summed E-state index contributed by atoms with van der Waals surface area (Å²) in [6.45, 7) is 0. The highest BCUT2D eigenvalue weighted by molar-refractivity contribution is 5.31. The zero-order valence-corrected chi connectivity index (χ0v) is 11.6. The molecule has 0 saturated heterocycles. The van der Waals surface area contributed by atoms with Crippen molar-refractivity contribution < 1.29 is 17.9 Å². The number of ether oxygens (including phenoxy) is 1. The fourth-order valence-electron chi connectivity index (χ4n) is 4.07. The molecule has 3 nitrogen and oxygen atoms in total. The Morgan fingerprint density at radius 2 is 2.05 bits per heavy atom. The van der Waals surface area contributed by atoms with Crippen LogP contribution in [0.1, 0.15) is 37.3 Å². The van der Waals surface area contributed by atoms with Crippen LogP contribution in [-0.4, -0.2) is 6.36 Å². The number of benzene rings is 1. The minimum absolute atomic E-state index is 0.114. The van der Waals surface area contributed by atoms with Crippen molar-refractivity contribution >= 4 is 0 Å². The van der Waals surface area contributed by atoms with Crippen LogP contribution in [0, 0.1) is 17.8 Å². The van der Waals surface area contributed by atoms with Gasteiger partial charge in [0.25, 0.3) is 0 Å². The number of hydrogen-bond donors (Lipinski definition) is 2. The second-order valence-corrected chi connectivity index (χ2v) is 6.10. The van der Waals surface area contributed by atoms with Gasteiger partial charge in [0.15, 0.2) is 0 Å². The second-order valence-electron chi connectivity index (χ2n) is 6.10. The van der Waals surface area contributed by atoms with Gasteiger partial charge in [0.1, 0.15) is 5.75 Å². The third-order valence-corrected chi connectivity index (χ3v) is 4.85. The van der Waals surface area contributed by atoms with E-state index in [1.165, 1.54) is 31.4 Å². The molecule has 2 bridgehead atoms. The van der Waals surface area contributed by atoms with Crippen molar-refractivity contribution in [2.75, 3.05) is 0 Å². The van der Waals surface area contributed by atoms with Crippen molar-refractivity contribution in [1.82, 2.24) is 5.43 Å². The normalized spacial score (nSPS) is 29.6. The number of nitrogens with one attached hydrogen (secondary N) is 1. The summed E-state index contributed by atoms with van der Waals surface area (Å²) in [6.07, 6.45) is 0.129. The summed E-state index contributed by atoms with van der Waals surface area (Å²) in [5.74, 6) is 7.27. The highest BCUT2D eigenvalue weighted by Gasteiger charge is 2.43. The zero-order valence-electron chi connectivity index (χ0n) is 11.6. The van der Waals surface area contributed by atoms with E-state index in [-0.39, 0.29) is 11.8 Å². The Morgan fingerprint density at radius 3 is 2.62 bits per heavy atom. The summed E-state index contributed by atoms with van der Waals surface area (Å²) >= 11 is 0. The van der Waals surface area contributed by atoms with Crippen molar-refractivity contribution in [2.24, 2.45) is 23.6 Å². The van der Waals surface area contributed by atoms with Crippen LogP contribution in [0.4, 0.5) is 13.2 Å². The Labute approximate surface area is 121 Å². The average molecular weight is 300 g/mol. The molecule has 0 aromatic heterocycles. The predicted molar refractivity (Wildman–Crippen MR) is 72.1 cm³/mol. The quantitative estimate of drug-likeness (QED) is 0.660. The smallest absolute Gasteiger partial charge is 0.406 e. The zero-order chi connectivity index (χ0) is 15.0. The fraction of sp³-hybridized carbons (Fsp3) is 0.600. The van der Waals surface area contributed by atoms with Crippen molar-refractivity contribution in [2.45, 2.75) is 38.1 Å². The topological polar surface area (TPSA) is 47.3 Å². The van der Waals surface area contributed by atoms with Gasteiger partial charge in [-0.3, -0.25) is 11.3 Å². The predicted octanol–water partition coefficient (Wildman–Crippen LogP) is 3.53. The highest BCUT2D eigenvalue weighted by Crippen LogP contribution is 2.52. The number of fused-ring (bicyclic) bond motifs is 2. The second kappa shape index (κ2) is 5.50. The van der Waals surface area contributed by atoms with Crippen LogP contribution in [-0.2, 0) is 0 Å². The SMILES string of the molecule is NNC(c1cccc(OC(F)(F)F)c1)C1CC2CCC1C2. The molecule has 0 heterocycles. The first-order valence-corrected chi connectivity index (χ1v) is 7.28. The molecule has 0 radical (unpaired) electrons. The Hall–Kier alpha value is -1.27. The summed E-state index contributed by atoms with van der Waals surface area (Å²) < 4.78 is 40.9. The summed E-state index contributed by atoms with van der Waals surface area (Å²) in [4.78, 5) is 0. The molecule has 2 fully saturated rings. The van der Waals surface area contributed by atoms with Gasteiger partial charge in [-0.1, -0.05) is 18.6 Å². The first-order chi connectivity index (χ1) is 9.96. The Kier molecular flexibility index (Phi) is 3.84. The van der Waals surface area contributed by atoms with E-state index in [1.807, 2.05) is 0 Å². The van der Waals surface area contributed by atoms with Crippen LogP contribution in [0.5, 0.6) is 5.75 Å². The molecule has 21 heavy (non-hydrogen) atoms. The van der Waals surface area contributed by atoms with Gasteiger partial charge < -0.3 is 4.74 Å². The number of rotatable bonds is 4. The summed E-state index contributed by atoms with van der Waals surface area (Å²) in [6, 6.07) is 6.01. The molecule has 2 aliphatic rings. The molecule has 0 amide bonds. The number of hydrogen-bond acceptors (Lipinski definition) is 3. The monoisotopic (exact) mass is 300 g/mol. The summed E-state index contributed by atoms with van der Waals surface area (Å²) in [5.41, 5.74) is 3.56. The molecular formula is C15H19F3N2O. The van der Waals surface area contributed by atoms with Crippen molar-refractivity contribution in [3.63, 3.8) is 0 Å². The minimum atomic E-state index is -4.67. The molecule has 3 rings (SSSR count). The highest BCUT2D eigenvalue weighted by atomic mass is 19.4. The summed E-state index contributed by atoms with van der Waals surface area (Å²) in [7, 11) is 0. The number of nitrogens with two attached hydrogens (primary N) is 1. The Bertz CT molecular complexity index is 506. The third kappa shape index (κ3) is 3.16. The molecule has 2 saturated carbocycles. The minimum Gasteiger partial charge on any atom is -0.406 e. The lowest BCUT2D eigenvalue weighted by Gasteiger charge is -2.30. The van der Waals surface area contributed by atoms with Crippen LogP contribution in [0.2, 0.25) is 0 Å². The molecule has 1 aromatic rings. The number of alkyl halides is 3. The summed E-state index contributed by atoms with van der Waals surface area (Å²) in [5, 5.41) is 0. The molecule has 6 heteroatoms. The van der Waals surface area contributed by atoms with Gasteiger partial charge in [0, 0.05) is 6.04 Å². The maximum Gasteiger partial charge on any atom is 0.573 e.